The highest BCUT2D eigenvalue weighted by molar-refractivity contribution is 5.74. The lowest BCUT2D eigenvalue weighted by Gasteiger charge is -2.34. The van der Waals surface area contributed by atoms with Gasteiger partial charge in [-0.1, -0.05) is 0 Å². The molecule has 128 valence electrons. The number of aromatic nitrogens is 3. The van der Waals surface area contributed by atoms with E-state index in [9.17, 15) is 9.90 Å². The molecule has 1 aliphatic rings. The predicted molar refractivity (Wildman–Crippen MR) is 89.6 cm³/mol. The molecule has 1 saturated heterocycles. The van der Waals surface area contributed by atoms with E-state index < -0.39 is 0 Å². The minimum atomic E-state index is -0.376. The molecule has 1 aliphatic heterocycles. The fourth-order valence-corrected chi connectivity index (χ4v) is 2.98. The lowest BCUT2D eigenvalue weighted by Crippen LogP contribution is -2.47. The SMILES string of the molecule is CC(O)C1CCCN(C(=O)NCc2ccnc(-n3ccnc3)c2)C1. The third kappa shape index (κ3) is 3.91. The Bertz CT molecular complexity index is 671. The van der Waals surface area contributed by atoms with Gasteiger partial charge in [0.25, 0.3) is 0 Å². The number of carbonyl (C=O) groups excluding carboxylic acids is 1. The lowest BCUT2D eigenvalue weighted by atomic mass is 9.94. The molecule has 2 N–H and O–H groups in total. The fourth-order valence-electron chi connectivity index (χ4n) is 2.98. The number of amides is 2. The molecule has 24 heavy (non-hydrogen) atoms. The zero-order valence-corrected chi connectivity index (χ0v) is 13.8. The second-order valence-electron chi connectivity index (χ2n) is 6.24. The summed E-state index contributed by atoms with van der Waals surface area (Å²) in [6, 6.07) is 3.73. The highest BCUT2D eigenvalue weighted by Crippen LogP contribution is 2.19. The Balaban J connectivity index is 1.57. The predicted octanol–water partition coefficient (Wildman–Crippen LogP) is 1.57. The molecule has 2 aromatic heterocycles. The highest BCUT2D eigenvalue weighted by Gasteiger charge is 2.26. The van der Waals surface area contributed by atoms with Gasteiger partial charge in [0.2, 0.25) is 0 Å². The van der Waals surface area contributed by atoms with Crippen molar-refractivity contribution in [2.24, 2.45) is 5.92 Å². The number of rotatable bonds is 4. The number of aliphatic hydroxyl groups excluding tert-OH is 1. The van der Waals surface area contributed by atoms with Crippen LogP contribution in [0.2, 0.25) is 0 Å². The number of aliphatic hydroxyl groups is 1. The van der Waals surface area contributed by atoms with Crippen LogP contribution in [0, 0.1) is 5.92 Å². The number of nitrogens with one attached hydrogen (secondary N) is 1. The number of hydrogen-bond donors (Lipinski definition) is 2. The van der Waals surface area contributed by atoms with Crippen molar-refractivity contribution in [2.45, 2.75) is 32.4 Å². The molecule has 7 nitrogen and oxygen atoms in total. The van der Waals surface area contributed by atoms with Gasteiger partial charge in [0.1, 0.15) is 12.1 Å². The topological polar surface area (TPSA) is 83.3 Å². The third-order valence-corrected chi connectivity index (χ3v) is 4.45. The molecule has 3 rings (SSSR count). The Hall–Kier alpha value is -2.41. The molecular weight excluding hydrogens is 306 g/mol. The molecule has 0 aliphatic carbocycles. The number of pyridine rings is 1. The third-order valence-electron chi connectivity index (χ3n) is 4.45. The van der Waals surface area contributed by atoms with Crippen LogP contribution in [0.1, 0.15) is 25.3 Å². The number of piperidine rings is 1. The van der Waals surface area contributed by atoms with Gasteiger partial charge in [-0.15, -0.1) is 0 Å². The molecule has 0 bridgehead atoms. The van der Waals surface area contributed by atoms with E-state index in [2.05, 4.69) is 15.3 Å². The van der Waals surface area contributed by atoms with Crippen LogP contribution in [-0.4, -0.2) is 49.8 Å². The van der Waals surface area contributed by atoms with Crippen LogP contribution >= 0.6 is 0 Å². The first kappa shape index (κ1) is 16.4. The molecule has 2 unspecified atom stereocenters. The van der Waals surface area contributed by atoms with Crippen LogP contribution in [-0.2, 0) is 6.54 Å². The van der Waals surface area contributed by atoms with Gasteiger partial charge in [-0.05, 0) is 37.5 Å². The Morgan fingerprint density at radius 3 is 3.12 bits per heavy atom. The number of carbonyl (C=O) groups is 1. The summed E-state index contributed by atoms with van der Waals surface area (Å²) in [6.45, 7) is 3.59. The van der Waals surface area contributed by atoms with Gasteiger partial charge in [0.15, 0.2) is 0 Å². The summed E-state index contributed by atoms with van der Waals surface area (Å²) in [5.41, 5.74) is 0.978. The molecule has 2 atom stereocenters. The van der Waals surface area contributed by atoms with Crippen molar-refractivity contribution in [1.29, 1.82) is 0 Å². The van der Waals surface area contributed by atoms with E-state index in [4.69, 9.17) is 0 Å². The molecule has 1 fully saturated rings. The van der Waals surface area contributed by atoms with Crippen molar-refractivity contribution < 1.29 is 9.90 Å². The quantitative estimate of drug-likeness (QED) is 0.892. The molecule has 3 heterocycles. The summed E-state index contributed by atoms with van der Waals surface area (Å²) in [6.07, 6.45) is 8.47. The minimum absolute atomic E-state index is 0.0821. The van der Waals surface area contributed by atoms with Crippen LogP contribution in [0.15, 0.2) is 37.1 Å². The molecule has 0 spiro atoms. The number of nitrogens with zero attached hydrogens (tertiary/aromatic N) is 4. The van der Waals surface area contributed by atoms with Crippen LogP contribution < -0.4 is 5.32 Å². The molecular formula is C17H23N5O2. The Morgan fingerprint density at radius 2 is 2.38 bits per heavy atom. The van der Waals surface area contributed by atoms with E-state index in [1.165, 1.54) is 0 Å². The largest absolute Gasteiger partial charge is 0.393 e. The zero-order chi connectivity index (χ0) is 16.9. The zero-order valence-electron chi connectivity index (χ0n) is 13.8. The van der Waals surface area contributed by atoms with E-state index in [1.54, 1.807) is 30.5 Å². The summed E-state index contributed by atoms with van der Waals surface area (Å²) in [5, 5.41) is 12.7. The minimum Gasteiger partial charge on any atom is -0.393 e. The Kier molecular flexibility index (Phi) is 5.10. The molecule has 0 radical (unpaired) electrons. The summed E-state index contributed by atoms with van der Waals surface area (Å²) >= 11 is 0. The standard InChI is InChI=1S/C17H23N5O2/c1-13(23)15-3-2-7-21(11-15)17(24)20-10-14-4-5-19-16(9-14)22-8-6-18-12-22/h4-6,8-9,12-13,15,23H,2-3,7,10-11H2,1H3,(H,20,24). The van der Waals surface area contributed by atoms with Crippen LogP contribution in [0.5, 0.6) is 0 Å². The highest BCUT2D eigenvalue weighted by atomic mass is 16.3. The lowest BCUT2D eigenvalue weighted by molar-refractivity contribution is 0.0738. The van der Waals surface area contributed by atoms with E-state index >= 15 is 0 Å². The second-order valence-corrected chi connectivity index (χ2v) is 6.24. The number of hydrogen-bond acceptors (Lipinski definition) is 4. The van der Waals surface area contributed by atoms with Gasteiger partial charge < -0.3 is 15.3 Å². The Labute approximate surface area is 141 Å². The maximum absolute atomic E-state index is 12.4. The van der Waals surface area contributed by atoms with E-state index in [-0.39, 0.29) is 18.1 Å². The first-order chi connectivity index (χ1) is 11.6. The van der Waals surface area contributed by atoms with Gasteiger partial charge in [0, 0.05) is 44.1 Å². The maximum atomic E-state index is 12.4. The van der Waals surface area contributed by atoms with Gasteiger partial charge in [0.05, 0.1) is 6.10 Å². The molecule has 7 heteroatoms. The monoisotopic (exact) mass is 329 g/mol. The number of likely N-dealkylation sites (tertiary alicyclic amines) is 1. The number of imidazole rings is 1. The first-order valence-electron chi connectivity index (χ1n) is 8.27. The Morgan fingerprint density at radius 1 is 1.50 bits per heavy atom. The van der Waals surface area contributed by atoms with E-state index in [0.717, 1.165) is 30.8 Å². The van der Waals surface area contributed by atoms with E-state index in [0.29, 0.717) is 13.1 Å². The average Bonchev–Trinajstić information content (AvgIpc) is 3.15. The van der Waals surface area contributed by atoms with Crippen LogP contribution in [0.4, 0.5) is 4.79 Å². The second kappa shape index (κ2) is 7.44. The van der Waals surface area contributed by atoms with Crippen molar-refractivity contribution in [3.05, 3.63) is 42.6 Å². The van der Waals surface area contributed by atoms with Crippen molar-refractivity contribution in [2.75, 3.05) is 13.1 Å². The van der Waals surface area contributed by atoms with Crippen molar-refractivity contribution >= 4 is 6.03 Å². The van der Waals surface area contributed by atoms with Crippen molar-refractivity contribution in [1.82, 2.24) is 24.8 Å². The summed E-state index contributed by atoms with van der Waals surface area (Å²) < 4.78 is 1.82. The first-order valence-corrected chi connectivity index (χ1v) is 8.27. The van der Waals surface area contributed by atoms with Crippen molar-refractivity contribution in [3.8, 4) is 5.82 Å². The molecule has 0 aromatic carbocycles. The normalized spacial score (nSPS) is 19.1. The molecule has 0 saturated carbocycles. The number of urea groups is 1. The average molecular weight is 329 g/mol. The van der Waals surface area contributed by atoms with Gasteiger partial charge in [-0.3, -0.25) is 4.57 Å². The van der Waals surface area contributed by atoms with Crippen molar-refractivity contribution in [3.63, 3.8) is 0 Å². The molecule has 2 amide bonds. The van der Waals surface area contributed by atoms with Gasteiger partial charge >= 0.3 is 6.03 Å². The van der Waals surface area contributed by atoms with Crippen LogP contribution in [0.25, 0.3) is 5.82 Å². The van der Waals surface area contributed by atoms with Crippen LogP contribution in [0.3, 0.4) is 0 Å². The summed E-state index contributed by atoms with van der Waals surface area (Å²) in [4.78, 5) is 22.5. The van der Waals surface area contributed by atoms with E-state index in [1.807, 2.05) is 22.9 Å². The summed E-state index contributed by atoms with van der Waals surface area (Å²) in [7, 11) is 0. The smallest absolute Gasteiger partial charge is 0.317 e. The fraction of sp³-hybridized carbons (Fsp3) is 0.471. The summed E-state index contributed by atoms with van der Waals surface area (Å²) in [5.74, 6) is 0.935. The maximum Gasteiger partial charge on any atom is 0.317 e. The van der Waals surface area contributed by atoms with Gasteiger partial charge in [-0.2, -0.15) is 0 Å². The van der Waals surface area contributed by atoms with Gasteiger partial charge in [-0.25, -0.2) is 14.8 Å². The molecule has 2 aromatic rings.